The van der Waals surface area contributed by atoms with E-state index in [0.29, 0.717) is 139 Å². The molecule has 4 aliphatic rings. The summed E-state index contributed by atoms with van der Waals surface area (Å²) in [6.07, 6.45) is 0.558. The summed E-state index contributed by atoms with van der Waals surface area (Å²) in [7, 11) is 0. The van der Waals surface area contributed by atoms with E-state index < -0.39 is 11.2 Å². The van der Waals surface area contributed by atoms with Gasteiger partial charge in [0.05, 0.1) is 60.9 Å². The first kappa shape index (κ1) is 49.2. The predicted molar refractivity (Wildman–Crippen MR) is 253 cm³/mol. The molecule has 6 heterocycles. The van der Waals surface area contributed by atoms with Crippen LogP contribution in [0.2, 0.25) is 20.1 Å². The van der Waals surface area contributed by atoms with Crippen LogP contribution in [0.4, 0.5) is 9.59 Å². The Morgan fingerprint density at radius 1 is 0.636 bits per heavy atom. The maximum atomic E-state index is 13.6. The fourth-order valence-electron chi connectivity index (χ4n) is 8.98. The van der Waals surface area contributed by atoms with Gasteiger partial charge in [0, 0.05) is 91.0 Å². The number of aliphatic hydroxyl groups is 2. The van der Waals surface area contributed by atoms with E-state index in [9.17, 15) is 29.4 Å². The molecule has 2 N–H and O–H groups in total. The van der Waals surface area contributed by atoms with Gasteiger partial charge in [-0.15, -0.1) is 0 Å². The Labute approximate surface area is 404 Å². The van der Waals surface area contributed by atoms with Crippen LogP contribution in [0.25, 0.3) is 22.3 Å². The molecule has 4 amide bonds. The van der Waals surface area contributed by atoms with Crippen molar-refractivity contribution in [3.05, 3.63) is 102 Å². The summed E-state index contributed by atoms with van der Waals surface area (Å²) in [5.74, 6) is -0.353. The van der Waals surface area contributed by atoms with Gasteiger partial charge < -0.3 is 39.3 Å². The standard InChI is InChI=1S/2C24H27Cl2N3O4/c2*1-13-17(12-30)20(16-6-5-14(25)9-18(16)26)21-19(27-13)11-29(22(21)31)15-7-8-28(10-15)23(32)33-24(2,3)4/h2*5-6,9,15,30H,7-8,10-12H2,1-4H3/t2*15-/m00/s1. The zero-order chi connectivity index (χ0) is 48.2. The number of carbonyl (C=O) groups is 4. The first-order valence-corrected chi connectivity index (χ1v) is 23.3. The van der Waals surface area contributed by atoms with Crippen molar-refractivity contribution in [2.45, 2.75) is 118 Å². The zero-order valence-corrected chi connectivity index (χ0v) is 41.3. The van der Waals surface area contributed by atoms with Crippen molar-refractivity contribution in [1.82, 2.24) is 29.6 Å². The third kappa shape index (κ3) is 10.1. The number of amides is 4. The fourth-order valence-corrected chi connectivity index (χ4v) is 9.99. The first-order chi connectivity index (χ1) is 31.0. The molecular formula is C48H54Cl4N6O8. The number of halogens is 4. The Bertz CT molecular complexity index is 2440. The molecule has 0 aliphatic carbocycles. The Morgan fingerprint density at radius 3 is 1.32 bits per heavy atom. The van der Waals surface area contributed by atoms with Crippen LogP contribution >= 0.6 is 46.4 Å². The molecule has 2 saturated heterocycles. The summed E-state index contributed by atoms with van der Waals surface area (Å²) in [4.78, 5) is 68.3. The molecule has 66 heavy (non-hydrogen) atoms. The molecule has 352 valence electrons. The normalized spacial score (nSPS) is 18.2. The van der Waals surface area contributed by atoms with Crippen molar-refractivity contribution in [3.8, 4) is 22.3 Å². The lowest BCUT2D eigenvalue weighted by molar-refractivity contribution is 0.0268. The maximum Gasteiger partial charge on any atom is 0.410 e. The van der Waals surface area contributed by atoms with Crippen molar-refractivity contribution < 1.29 is 38.9 Å². The number of nitrogens with zero attached hydrogens (tertiary/aromatic N) is 6. The van der Waals surface area contributed by atoms with E-state index in [1.165, 1.54) is 0 Å². The topological polar surface area (TPSA) is 166 Å². The van der Waals surface area contributed by atoms with Crippen LogP contribution in [0.1, 0.15) is 109 Å². The van der Waals surface area contributed by atoms with Crippen molar-refractivity contribution in [2.75, 3.05) is 26.2 Å². The molecule has 4 aromatic rings. The van der Waals surface area contributed by atoms with Crippen LogP contribution in [-0.4, -0.2) is 113 Å². The third-order valence-electron chi connectivity index (χ3n) is 12.0. The van der Waals surface area contributed by atoms with E-state index in [1.807, 2.05) is 55.4 Å². The fraction of sp³-hybridized carbons (Fsp3) is 0.458. The first-order valence-electron chi connectivity index (χ1n) is 21.7. The van der Waals surface area contributed by atoms with E-state index in [4.69, 9.17) is 55.9 Å². The minimum Gasteiger partial charge on any atom is -0.444 e. The number of ether oxygens (including phenoxy) is 2. The van der Waals surface area contributed by atoms with Gasteiger partial charge in [0.15, 0.2) is 0 Å². The molecule has 14 nitrogen and oxygen atoms in total. The Hall–Kier alpha value is -4.70. The summed E-state index contributed by atoms with van der Waals surface area (Å²) in [6, 6.07) is 9.88. The molecule has 0 spiro atoms. The number of fused-ring (bicyclic) bond motifs is 2. The molecule has 2 fully saturated rings. The van der Waals surface area contributed by atoms with Crippen molar-refractivity contribution in [2.24, 2.45) is 0 Å². The molecule has 2 atom stereocenters. The quantitative estimate of drug-likeness (QED) is 0.190. The van der Waals surface area contributed by atoms with Gasteiger partial charge in [0.2, 0.25) is 0 Å². The van der Waals surface area contributed by atoms with Gasteiger partial charge in [0.25, 0.3) is 11.8 Å². The van der Waals surface area contributed by atoms with Crippen LogP contribution in [0, 0.1) is 13.8 Å². The van der Waals surface area contributed by atoms with Crippen LogP contribution < -0.4 is 0 Å². The van der Waals surface area contributed by atoms with Gasteiger partial charge in [-0.2, -0.15) is 0 Å². The van der Waals surface area contributed by atoms with Crippen molar-refractivity contribution in [1.29, 1.82) is 0 Å². The van der Waals surface area contributed by atoms with Gasteiger partial charge >= 0.3 is 12.2 Å². The highest BCUT2D eigenvalue weighted by Gasteiger charge is 2.43. The molecule has 0 unspecified atom stereocenters. The second-order valence-electron chi connectivity index (χ2n) is 18.9. The van der Waals surface area contributed by atoms with Gasteiger partial charge in [-0.1, -0.05) is 58.5 Å². The SMILES string of the molecule is Cc1nc2c(c(-c3ccc(Cl)cc3Cl)c1CO)C(=O)N([C@H]1CCN(C(=O)OC(C)(C)C)C1)C2.Cc1nc2c(c(-c3ccc(Cl)cc3Cl)c1CO)C(=O)N([C@H]1CCN(C(=O)OC(C)(C)C)C1)C2. The average molecular weight is 985 g/mol. The largest absolute Gasteiger partial charge is 0.444 e. The number of pyridine rings is 2. The zero-order valence-electron chi connectivity index (χ0n) is 38.2. The minimum absolute atomic E-state index is 0.148. The third-order valence-corrected chi connectivity index (χ3v) is 13.1. The highest BCUT2D eigenvalue weighted by Crippen LogP contribution is 2.43. The van der Waals surface area contributed by atoms with E-state index in [1.54, 1.807) is 56.0 Å². The molecular weight excluding hydrogens is 930 g/mol. The summed E-state index contributed by atoms with van der Waals surface area (Å²) >= 11 is 25.2. The van der Waals surface area contributed by atoms with Crippen LogP contribution in [-0.2, 0) is 35.8 Å². The average Bonchev–Trinajstić information content (AvgIpc) is 4.03. The predicted octanol–water partition coefficient (Wildman–Crippen LogP) is 9.64. The maximum absolute atomic E-state index is 13.6. The molecule has 18 heteroatoms. The lowest BCUT2D eigenvalue weighted by Crippen LogP contribution is -2.40. The second-order valence-corrected chi connectivity index (χ2v) is 20.6. The van der Waals surface area contributed by atoms with Crippen molar-refractivity contribution in [3.63, 3.8) is 0 Å². The van der Waals surface area contributed by atoms with Gasteiger partial charge in [0.1, 0.15) is 11.2 Å². The van der Waals surface area contributed by atoms with E-state index >= 15 is 0 Å². The number of rotatable bonds is 6. The number of likely N-dealkylation sites (tertiary alicyclic amines) is 2. The molecule has 4 aliphatic heterocycles. The number of carbonyl (C=O) groups excluding carboxylic acids is 4. The lowest BCUT2D eigenvalue weighted by Gasteiger charge is -2.26. The molecule has 2 aromatic carbocycles. The molecule has 2 aromatic heterocycles. The highest BCUT2D eigenvalue weighted by atomic mass is 35.5. The Kier molecular flexibility index (Phi) is 14.3. The lowest BCUT2D eigenvalue weighted by atomic mass is 9.93. The number of aromatic nitrogens is 2. The van der Waals surface area contributed by atoms with Gasteiger partial charge in [-0.05, 0) is 92.5 Å². The second kappa shape index (κ2) is 19.1. The molecule has 0 radical (unpaired) electrons. The molecule has 0 saturated carbocycles. The number of aliphatic hydroxyl groups excluding tert-OH is 2. The van der Waals surface area contributed by atoms with Crippen molar-refractivity contribution >= 4 is 70.4 Å². The van der Waals surface area contributed by atoms with Crippen LogP contribution in [0.5, 0.6) is 0 Å². The number of hydrogen-bond donors (Lipinski definition) is 2. The minimum atomic E-state index is -0.580. The molecule has 8 rings (SSSR count). The summed E-state index contributed by atoms with van der Waals surface area (Å²) < 4.78 is 11.0. The van der Waals surface area contributed by atoms with Crippen LogP contribution in [0.15, 0.2) is 36.4 Å². The Balaban J connectivity index is 0.000000196. The van der Waals surface area contributed by atoms with Gasteiger partial charge in [-0.25, -0.2) is 9.59 Å². The van der Waals surface area contributed by atoms with E-state index in [2.05, 4.69) is 9.97 Å². The molecule has 0 bridgehead atoms. The van der Waals surface area contributed by atoms with E-state index in [0.717, 1.165) is 0 Å². The number of aryl methyl sites for hydroxylation is 2. The van der Waals surface area contributed by atoms with Crippen LogP contribution in [0.3, 0.4) is 0 Å². The summed E-state index contributed by atoms with van der Waals surface area (Å²) in [6.45, 7) is 16.6. The Morgan fingerprint density at radius 2 is 1.00 bits per heavy atom. The van der Waals surface area contributed by atoms with E-state index in [-0.39, 0.29) is 49.3 Å². The summed E-state index contributed by atoms with van der Waals surface area (Å²) in [5, 5.41) is 22.0. The summed E-state index contributed by atoms with van der Waals surface area (Å²) in [5.41, 5.74) is 5.90. The number of benzene rings is 2. The smallest absolute Gasteiger partial charge is 0.410 e. The monoisotopic (exact) mass is 982 g/mol. The number of hydrogen-bond acceptors (Lipinski definition) is 10. The highest BCUT2D eigenvalue weighted by molar-refractivity contribution is 6.37. The van der Waals surface area contributed by atoms with Gasteiger partial charge in [-0.3, -0.25) is 19.6 Å².